The molecule has 4 nitrogen and oxygen atoms in total. The van der Waals surface area contributed by atoms with Crippen molar-refractivity contribution in [3.63, 3.8) is 0 Å². The number of hydrogen-bond acceptors (Lipinski definition) is 4. The van der Waals surface area contributed by atoms with Crippen molar-refractivity contribution < 1.29 is 9.59 Å². The van der Waals surface area contributed by atoms with Crippen molar-refractivity contribution in [1.82, 2.24) is 10.6 Å². The Kier molecular flexibility index (Phi) is 8.79. The smallest absolute Gasteiger partial charge is 0.242 e. The third kappa shape index (κ3) is 4.17. The Morgan fingerprint density at radius 1 is 1.26 bits per heavy atom. The van der Waals surface area contributed by atoms with Gasteiger partial charge in [-0.2, -0.15) is 11.8 Å². The molecule has 0 bridgehead atoms. The molecule has 19 heavy (non-hydrogen) atoms. The Balaban J connectivity index is 0.00000324. The molecule has 0 aliphatic carbocycles. The SMILES string of the molecule is CCCCSC(C)C1(CC)C(=O)NC(=S)NC1=O.[Na]. The molecule has 1 fully saturated rings. The Hall–Kier alpha value is 0.380. The fourth-order valence-corrected chi connectivity index (χ4v) is 3.75. The van der Waals surface area contributed by atoms with E-state index in [-0.39, 0.29) is 51.7 Å². The molecule has 0 aromatic heterocycles. The van der Waals surface area contributed by atoms with Crippen molar-refractivity contribution in [1.29, 1.82) is 0 Å². The summed E-state index contributed by atoms with van der Waals surface area (Å²) in [6, 6.07) is 0. The van der Waals surface area contributed by atoms with Crippen LogP contribution in [0.1, 0.15) is 40.0 Å². The van der Waals surface area contributed by atoms with E-state index in [1.165, 1.54) is 0 Å². The number of amides is 2. The molecular formula is C12H20N2NaO2S2. The molecule has 103 valence electrons. The van der Waals surface area contributed by atoms with Gasteiger partial charge in [0.15, 0.2) is 5.11 Å². The van der Waals surface area contributed by atoms with Crippen LogP contribution in [0.3, 0.4) is 0 Å². The van der Waals surface area contributed by atoms with Gasteiger partial charge in [-0.25, -0.2) is 0 Å². The molecule has 1 aliphatic heterocycles. The van der Waals surface area contributed by atoms with E-state index in [0.29, 0.717) is 6.42 Å². The van der Waals surface area contributed by atoms with Crippen LogP contribution in [0.25, 0.3) is 0 Å². The van der Waals surface area contributed by atoms with Gasteiger partial charge < -0.3 is 10.6 Å². The van der Waals surface area contributed by atoms with Crippen LogP contribution < -0.4 is 10.6 Å². The van der Waals surface area contributed by atoms with Gasteiger partial charge in [-0.3, -0.25) is 9.59 Å². The van der Waals surface area contributed by atoms with Crippen molar-refractivity contribution in [3.05, 3.63) is 0 Å². The average Bonchev–Trinajstić information content (AvgIpc) is 2.29. The first-order valence-electron chi connectivity index (χ1n) is 6.27. The molecule has 0 aromatic rings. The Morgan fingerprint density at radius 3 is 2.21 bits per heavy atom. The van der Waals surface area contributed by atoms with Gasteiger partial charge >= 0.3 is 0 Å². The van der Waals surface area contributed by atoms with Crippen LogP contribution in [-0.2, 0) is 9.59 Å². The summed E-state index contributed by atoms with van der Waals surface area (Å²) in [6.45, 7) is 5.93. The Morgan fingerprint density at radius 2 is 1.79 bits per heavy atom. The number of rotatable bonds is 6. The number of hydrogen-bond donors (Lipinski definition) is 2. The Labute approximate surface area is 146 Å². The average molecular weight is 311 g/mol. The topological polar surface area (TPSA) is 58.2 Å². The van der Waals surface area contributed by atoms with Gasteiger partial charge in [0.2, 0.25) is 11.8 Å². The zero-order chi connectivity index (χ0) is 13.8. The normalized spacial score (nSPS) is 19.2. The molecule has 0 saturated carbocycles. The van der Waals surface area contributed by atoms with Crippen LogP contribution in [0, 0.1) is 5.41 Å². The minimum absolute atomic E-state index is 0. The van der Waals surface area contributed by atoms with E-state index in [4.69, 9.17) is 12.2 Å². The first-order chi connectivity index (χ1) is 8.48. The molecule has 2 amide bonds. The van der Waals surface area contributed by atoms with Gasteiger partial charge in [0.05, 0.1) is 0 Å². The number of thioether (sulfide) groups is 1. The summed E-state index contributed by atoms with van der Waals surface area (Å²) >= 11 is 6.51. The van der Waals surface area contributed by atoms with Crippen molar-refractivity contribution >= 4 is 70.5 Å². The molecule has 7 heteroatoms. The third-order valence-corrected chi connectivity index (χ3v) is 5.01. The molecular weight excluding hydrogens is 291 g/mol. The minimum atomic E-state index is -0.999. The van der Waals surface area contributed by atoms with Crippen LogP contribution >= 0.6 is 24.0 Å². The van der Waals surface area contributed by atoms with E-state index in [0.717, 1.165) is 18.6 Å². The van der Waals surface area contributed by atoms with Gasteiger partial charge in [0.25, 0.3) is 0 Å². The molecule has 1 heterocycles. The number of nitrogens with one attached hydrogen (secondary N) is 2. The molecule has 0 aromatic carbocycles. The fraction of sp³-hybridized carbons (Fsp3) is 0.750. The van der Waals surface area contributed by atoms with Crippen molar-refractivity contribution in [3.8, 4) is 0 Å². The van der Waals surface area contributed by atoms with Gasteiger partial charge in [-0.05, 0) is 30.8 Å². The monoisotopic (exact) mass is 311 g/mol. The quantitative estimate of drug-likeness (QED) is 0.337. The molecule has 1 atom stereocenters. The second-order valence-electron chi connectivity index (χ2n) is 4.43. The fourth-order valence-electron chi connectivity index (χ4n) is 2.09. The number of unbranched alkanes of at least 4 members (excludes halogenated alkanes) is 1. The first kappa shape index (κ1) is 19.4. The van der Waals surface area contributed by atoms with E-state index < -0.39 is 5.41 Å². The molecule has 0 spiro atoms. The molecule has 2 N–H and O–H groups in total. The Bertz CT molecular complexity index is 344. The molecule has 1 unspecified atom stereocenters. The zero-order valence-corrected chi connectivity index (χ0v) is 15.7. The second-order valence-corrected chi connectivity index (χ2v) is 6.29. The van der Waals surface area contributed by atoms with Crippen LogP contribution in [-0.4, -0.2) is 57.5 Å². The van der Waals surface area contributed by atoms with Crippen LogP contribution in [0.5, 0.6) is 0 Å². The predicted molar refractivity (Wildman–Crippen MR) is 84.2 cm³/mol. The maximum atomic E-state index is 12.2. The molecule has 1 radical (unpaired) electrons. The van der Waals surface area contributed by atoms with Crippen molar-refractivity contribution in [2.75, 3.05) is 5.75 Å². The van der Waals surface area contributed by atoms with Gasteiger partial charge in [-0.1, -0.05) is 27.2 Å². The summed E-state index contributed by atoms with van der Waals surface area (Å²) in [4.78, 5) is 24.3. The van der Waals surface area contributed by atoms with Crippen molar-refractivity contribution in [2.45, 2.75) is 45.3 Å². The minimum Gasteiger partial charge on any atom is -0.302 e. The number of thiocarbonyl (C=S) groups is 1. The van der Waals surface area contributed by atoms with Gasteiger partial charge in [-0.15, -0.1) is 0 Å². The summed E-state index contributed by atoms with van der Waals surface area (Å²) < 4.78 is 0. The summed E-state index contributed by atoms with van der Waals surface area (Å²) in [5.41, 5.74) is -0.999. The summed E-state index contributed by atoms with van der Waals surface area (Å²) in [6.07, 6.45) is 2.69. The number of carbonyl (C=O) groups is 2. The van der Waals surface area contributed by atoms with E-state index in [1.54, 1.807) is 11.8 Å². The molecule has 1 saturated heterocycles. The van der Waals surface area contributed by atoms with E-state index >= 15 is 0 Å². The van der Waals surface area contributed by atoms with Crippen molar-refractivity contribution in [2.24, 2.45) is 5.41 Å². The van der Waals surface area contributed by atoms with Crippen LogP contribution in [0.4, 0.5) is 0 Å². The standard InChI is InChI=1S/C12H20N2O2S2.Na/c1-4-6-7-18-8(3)12(5-2)9(15)13-11(17)14-10(12)16;/h8H,4-7H2,1-3H3,(H2,13,14,15,16,17);. The van der Waals surface area contributed by atoms with Gasteiger partial charge in [0.1, 0.15) is 5.41 Å². The van der Waals surface area contributed by atoms with E-state index in [2.05, 4.69) is 17.6 Å². The summed E-state index contributed by atoms with van der Waals surface area (Å²) in [7, 11) is 0. The predicted octanol–water partition coefficient (Wildman–Crippen LogP) is 1.45. The second kappa shape index (κ2) is 8.62. The maximum absolute atomic E-state index is 12.2. The largest absolute Gasteiger partial charge is 0.302 e. The van der Waals surface area contributed by atoms with E-state index in [1.807, 2.05) is 13.8 Å². The molecule has 1 aliphatic rings. The molecule has 1 rings (SSSR count). The summed E-state index contributed by atoms with van der Waals surface area (Å²) in [5, 5.41) is 5.19. The third-order valence-electron chi connectivity index (χ3n) is 3.38. The maximum Gasteiger partial charge on any atom is 0.242 e. The van der Waals surface area contributed by atoms with Gasteiger partial charge in [0, 0.05) is 34.8 Å². The van der Waals surface area contributed by atoms with Crippen LogP contribution in [0.2, 0.25) is 0 Å². The number of carbonyl (C=O) groups excluding carboxylic acids is 2. The summed E-state index contributed by atoms with van der Waals surface area (Å²) in [5.74, 6) is 0.426. The van der Waals surface area contributed by atoms with E-state index in [9.17, 15) is 9.59 Å². The zero-order valence-electron chi connectivity index (χ0n) is 12.0. The first-order valence-corrected chi connectivity index (χ1v) is 7.73. The van der Waals surface area contributed by atoms with Crippen LogP contribution in [0.15, 0.2) is 0 Å².